The highest BCUT2D eigenvalue weighted by molar-refractivity contribution is 5.79. The highest BCUT2D eigenvalue weighted by atomic mass is 16.5. The fourth-order valence-electron chi connectivity index (χ4n) is 4.17. The smallest absolute Gasteiger partial charge is 0.191 e. The molecule has 3 rings (SSSR count). The SMILES string of the molecule is CN=C(NCC(c1ccc(OC)cc1)N1CCOCC1)NCC1(CCO)CCOC1. The van der Waals surface area contributed by atoms with Gasteiger partial charge in [0.2, 0.25) is 0 Å². The number of hydrogen-bond donors (Lipinski definition) is 3. The Morgan fingerprint density at radius 2 is 1.97 bits per heavy atom. The lowest BCUT2D eigenvalue weighted by atomic mass is 9.84. The van der Waals surface area contributed by atoms with Crippen LogP contribution in [0.2, 0.25) is 0 Å². The van der Waals surface area contributed by atoms with Crippen LogP contribution in [0.25, 0.3) is 0 Å². The highest BCUT2D eigenvalue weighted by Crippen LogP contribution is 2.31. The molecular formula is C22H36N4O4. The van der Waals surface area contributed by atoms with Gasteiger partial charge in [-0.1, -0.05) is 12.1 Å². The van der Waals surface area contributed by atoms with Gasteiger partial charge in [-0.15, -0.1) is 0 Å². The van der Waals surface area contributed by atoms with Crippen molar-refractivity contribution in [3.8, 4) is 5.75 Å². The first-order chi connectivity index (χ1) is 14.7. The fraction of sp³-hybridized carbons (Fsp3) is 0.682. The van der Waals surface area contributed by atoms with Crippen molar-refractivity contribution in [1.29, 1.82) is 0 Å². The van der Waals surface area contributed by atoms with Crippen LogP contribution in [0, 0.1) is 5.41 Å². The van der Waals surface area contributed by atoms with E-state index in [9.17, 15) is 5.11 Å². The second-order valence-electron chi connectivity index (χ2n) is 8.02. The Morgan fingerprint density at radius 3 is 2.57 bits per heavy atom. The zero-order valence-electron chi connectivity index (χ0n) is 18.2. The molecule has 0 bridgehead atoms. The number of aliphatic imine (C=N–C) groups is 1. The zero-order valence-corrected chi connectivity index (χ0v) is 18.2. The molecule has 0 spiro atoms. The number of morpholine rings is 1. The van der Waals surface area contributed by atoms with E-state index in [1.54, 1.807) is 14.2 Å². The minimum absolute atomic E-state index is 0.0219. The Hall–Kier alpha value is -1.87. The lowest BCUT2D eigenvalue weighted by Crippen LogP contribution is -2.48. The van der Waals surface area contributed by atoms with Crippen molar-refractivity contribution in [2.45, 2.75) is 18.9 Å². The van der Waals surface area contributed by atoms with Gasteiger partial charge in [0.15, 0.2) is 5.96 Å². The zero-order chi connectivity index (χ0) is 21.2. The lowest BCUT2D eigenvalue weighted by Gasteiger charge is -2.35. The summed E-state index contributed by atoms with van der Waals surface area (Å²) < 4.78 is 16.5. The molecular weight excluding hydrogens is 384 g/mol. The molecule has 2 aliphatic heterocycles. The Labute approximate surface area is 179 Å². The number of nitrogens with one attached hydrogen (secondary N) is 2. The Balaban J connectivity index is 1.62. The number of rotatable bonds is 9. The number of ether oxygens (including phenoxy) is 3. The van der Waals surface area contributed by atoms with Crippen LogP contribution in [-0.2, 0) is 9.47 Å². The average Bonchev–Trinajstić information content (AvgIpc) is 3.26. The van der Waals surface area contributed by atoms with Crippen molar-refractivity contribution in [2.75, 3.05) is 73.4 Å². The molecule has 1 aromatic carbocycles. The van der Waals surface area contributed by atoms with Gasteiger partial charge < -0.3 is 30.0 Å². The molecule has 0 aliphatic carbocycles. The second-order valence-corrected chi connectivity index (χ2v) is 8.02. The maximum Gasteiger partial charge on any atom is 0.191 e. The summed E-state index contributed by atoms with van der Waals surface area (Å²) in [7, 11) is 3.47. The van der Waals surface area contributed by atoms with Crippen LogP contribution < -0.4 is 15.4 Å². The van der Waals surface area contributed by atoms with Crippen LogP contribution >= 0.6 is 0 Å². The van der Waals surface area contributed by atoms with E-state index in [1.807, 2.05) is 12.1 Å². The largest absolute Gasteiger partial charge is 0.497 e. The monoisotopic (exact) mass is 420 g/mol. The minimum Gasteiger partial charge on any atom is -0.497 e. The van der Waals surface area contributed by atoms with E-state index >= 15 is 0 Å². The summed E-state index contributed by atoms with van der Waals surface area (Å²) in [6.07, 6.45) is 1.69. The van der Waals surface area contributed by atoms with Crippen LogP contribution in [0.5, 0.6) is 5.75 Å². The first-order valence-corrected chi connectivity index (χ1v) is 10.8. The van der Waals surface area contributed by atoms with E-state index in [0.29, 0.717) is 6.61 Å². The number of guanidine groups is 1. The number of methoxy groups -OCH3 is 1. The number of hydrogen-bond acceptors (Lipinski definition) is 6. The predicted octanol–water partition coefficient (Wildman–Crippen LogP) is 1.02. The summed E-state index contributed by atoms with van der Waals surface area (Å²) in [6.45, 7) is 6.39. The van der Waals surface area contributed by atoms with Gasteiger partial charge >= 0.3 is 0 Å². The Morgan fingerprint density at radius 1 is 1.20 bits per heavy atom. The quantitative estimate of drug-likeness (QED) is 0.406. The summed E-state index contributed by atoms with van der Waals surface area (Å²) in [5.41, 5.74) is 1.22. The Kier molecular flexibility index (Phi) is 8.74. The van der Waals surface area contributed by atoms with E-state index in [2.05, 4.69) is 32.7 Å². The number of aliphatic hydroxyl groups excluding tert-OH is 1. The van der Waals surface area contributed by atoms with Crippen molar-refractivity contribution in [3.63, 3.8) is 0 Å². The van der Waals surface area contributed by atoms with Gasteiger partial charge in [-0.25, -0.2) is 0 Å². The fourth-order valence-corrected chi connectivity index (χ4v) is 4.17. The topological polar surface area (TPSA) is 87.6 Å². The second kappa shape index (κ2) is 11.5. The maximum absolute atomic E-state index is 9.44. The molecule has 30 heavy (non-hydrogen) atoms. The van der Waals surface area contributed by atoms with Crippen LogP contribution in [0.4, 0.5) is 0 Å². The molecule has 0 saturated carbocycles. The van der Waals surface area contributed by atoms with E-state index in [1.165, 1.54) is 5.56 Å². The summed E-state index contributed by atoms with van der Waals surface area (Å²) in [5.74, 6) is 1.63. The molecule has 1 aromatic rings. The molecule has 8 nitrogen and oxygen atoms in total. The molecule has 2 unspecified atom stereocenters. The molecule has 2 atom stereocenters. The normalized spacial score (nSPS) is 23.9. The third-order valence-corrected chi connectivity index (χ3v) is 6.13. The third-order valence-electron chi connectivity index (χ3n) is 6.13. The highest BCUT2D eigenvalue weighted by Gasteiger charge is 2.34. The van der Waals surface area contributed by atoms with E-state index < -0.39 is 0 Å². The average molecular weight is 421 g/mol. The molecule has 3 N–H and O–H groups in total. The van der Waals surface area contributed by atoms with Crippen molar-refractivity contribution in [2.24, 2.45) is 10.4 Å². The molecule has 8 heteroatoms. The molecule has 2 fully saturated rings. The van der Waals surface area contributed by atoms with Gasteiger partial charge in [0.05, 0.1) is 33.0 Å². The first-order valence-electron chi connectivity index (χ1n) is 10.8. The van der Waals surface area contributed by atoms with E-state index in [-0.39, 0.29) is 18.1 Å². The predicted molar refractivity (Wildman–Crippen MR) is 117 cm³/mol. The first kappa shape index (κ1) is 22.8. The summed E-state index contributed by atoms with van der Waals surface area (Å²) in [4.78, 5) is 6.85. The number of aliphatic hydroxyl groups is 1. The van der Waals surface area contributed by atoms with Crippen molar-refractivity contribution >= 4 is 5.96 Å². The van der Waals surface area contributed by atoms with Crippen LogP contribution in [0.1, 0.15) is 24.4 Å². The number of benzene rings is 1. The molecule has 0 radical (unpaired) electrons. The van der Waals surface area contributed by atoms with Crippen molar-refractivity contribution in [3.05, 3.63) is 29.8 Å². The molecule has 168 valence electrons. The molecule has 2 saturated heterocycles. The van der Waals surface area contributed by atoms with Crippen LogP contribution in [0.15, 0.2) is 29.3 Å². The summed E-state index contributed by atoms with van der Waals surface area (Å²) in [6, 6.07) is 8.48. The van der Waals surface area contributed by atoms with Crippen LogP contribution in [0.3, 0.4) is 0 Å². The van der Waals surface area contributed by atoms with Crippen LogP contribution in [-0.4, -0.2) is 89.3 Å². The Bertz CT molecular complexity index is 656. The summed E-state index contributed by atoms with van der Waals surface area (Å²) >= 11 is 0. The molecule has 0 amide bonds. The van der Waals surface area contributed by atoms with Gasteiger partial charge in [-0.2, -0.15) is 0 Å². The van der Waals surface area contributed by atoms with Gasteiger partial charge in [-0.05, 0) is 30.5 Å². The van der Waals surface area contributed by atoms with Crippen molar-refractivity contribution < 1.29 is 19.3 Å². The van der Waals surface area contributed by atoms with Crippen molar-refractivity contribution in [1.82, 2.24) is 15.5 Å². The lowest BCUT2D eigenvalue weighted by molar-refractivity contribution is 0.0169. The maximum atomic E-state index is 9.44. The summed E-state index contributed by atoms with van der Waals surface area (Å²) in [5, 5.41) is 16.4. The number of nitrogens with zero attached hydrogens (tertiary/aromatic N) is 2. The molecule has 0 aromatic heterocycles. The third kappa shape index (κ3) is 6.07. The minimum atomic E-state index is -0.0219. The van der Waals surface area contributed by atoms with Gasteiger partial charge in [-0.3, -0.25) is 9.89 Å². The molecule has 2 aliphatic rings. The van der Waals surface area contributed by atoms with Gasteiger partial charge in [0, 0.05) is 51.9 Å². The van der Waals surface area contributed by atoms with E-state index in [4.69, 9.17) is 14.2 Å². The molecule has 2 heterocycles. The van der Waals surface area contributed by atoms with Gasteiger partial charge in [0.25, 0.3) is 0 Å². The van der Waals surface area contributed by atoms with E-state index in [0.717, 1.165) is 70.6 Å². The van der Waals surface area contributed by atoms with Gasteiger partial charge in [0.1, 0.15) is 5.75 Å². The standard InChI is InChI=1S/C22H36N4O4/c1-23-21(25-16-22(7-11-27)8-12-30-17-22)24-15-20(26-9-13-29-14-10-26)18-3-5-19(28-2)6-4-18/h3-6,20,27H,7-17H2,1-2H3,(H2,23,24,25).